The predicted octanol–water partition coefficient (Wildman–Crippen LogP) is 3.07. The quantitative estimate of drug-likeness (QED) is 0.390. The number of nitrogens with zero attached hydrogens (tertiary/aromatic N) is 5. The SMILES string of the molecule is CN(C)[C@H]1CCN(C=O)C1.N=Cc1cc(Nc2ncnc3sc4c(c23)CCCC4)ncc1N. The van der Waals surface area contributed by atoms with Crippen LogP contribution in [0.3, 0.4) is 0 Å². The fraction of sp³-hybridized carbons (Fsp3) is 0.435. The number of likely N-dealkylation sites (tertiary alicyclic amines) is 1. The number of nitrogens with two attached hydrogens (primary N) is 1. The molecular formula is C23H30N8OS. The summed E-state index contributed by atoms with van der Waals surface area (Å²) in [6, 6.07) is 2.33. The van der Waals surface area contributed by atoms with Gasteiger partial charge in [0.2, 0.25) is 6.41 Å². The van der Waals surface area contributed by atoms with Crippen molar-refractivity contribution in [2.75, 3.05) is 38.2 Å². The van der Waals surface area contributed by atoms with Gasteiger partial charge in [-0.2, -0.15) is 0 Å². The van der Waals surface area contributed by atoms with Gasteiger partial charge in [-0.1, -0.05) is 0 Å². The summed E-state index contributed by atoms with van der Waals surface area (Å²) in [4.78, 5) is 29.9. The minimum absolute atomic E-state index is 0.492. The second-order valence-corrected chi connectivity index (χ2v) is 9.67. The number of thiophene rings is 1. The van der Waals surface area contributed by atoms with Crippen LogP contribution in [0, 0.1) is 5.41 Å². The number of nitrogen functional groups attached to an aromatic ring is 1. The number of aryl methyl sites for hydroxylation is 2. The smallest absolute Gasteiger partial charge is 0.209 e. The van der Waals surface area contributed by atoms with Crippen molar-refractivity contribution >= 4 is 51.5 Å². The monoisotopic (exact) mass is 466 g/mol. The first-order chi connectivity index (χ1) is 16.0. The van der Waals surface area contributed by atoms with Crippen LogP contribution in [0.2, 0.25) is 0 Å². The zero-order valence-electron chi connectivity index (χ0n) is 19.0. The Hall–Kier alpha value is -3.11. The molecule has 0 radical (unpaired) electrons. The van der Waals surface area contributed by atoms with Gasteiger partial charge in [-0.05, 0) is 57.8 Å². The van der Waals surface area contributed by atoms with E-state index < -0.39 is 0 Å². The molecule has 10 heteroatoms. The number of hydrogen-bond donors (Lipinski definition) is 3. The Bertz CT molecular complexity index is 1140. The van der Waals surface area contributed by atoms with E-state index in [1.54, 1.807) is 29.9 Å². The number of nitrogens with one attached hydrogen (secondary N) is 2. The summed E-state index contributed by atoms with van der Waals surface area (Å²) >= 11 is 1.77. The molecule has 0 spiro atoms. The van der Waals surface area contributed by atoms with E-state index in [2.05, 4.69) is 39.3 Å². The van der Waals surface area contributed by atoms with Gasteiger partial charge >= 0.3 is 0 Å². The van der Waals surface area contributed by atoms with Crippen LogP contribution in [-0.2, 0) is 17.6 Å². The van der Waals surface area contributed by atoms with Crippen molar-refractivity contribution in [2.24, 2.45) is 0 Å². The van der Waals surface area contributed by atoms with Crippen LogP contribution in [0.25, 0.3) is 10.2 Å². The molecule has 0 saturated carbocycles. The van der Waals surface area contributed by atoms with E-state index in [1.807, 2.05) is 4.90 Å². The Labute approximate surface area is 197 Å². The fourth-order valence-electron chi connectivity index (χ4n) is 4.27. The molecule has 174 valence electrons. The first-order valence-corrected chi connectivity index (χ1v) is 12.0. The molecule has 5 rings (SSSR count). The van der Waals surface area contributed by atoms with Gasteiger partial charge in [0.1, 0.15) is 22.8 Å². The Balaban J connectivity index is 0.000000219. The van der Waals surface area contributed by atoms with E-state index in [-0.39, 0.29) is 0 Å². The molecule has 9 nitrogen and oxygen atoms in total. The maximum atomic E-state index is 10.3. The topological polar surface area (TPSA) is 124 Å². The van der Waals surface area contributed by atoms with Crippen molar-refractivity contribution in [3.05, 3.63) is 34.6 Å². The lowest BCUT2D eigenvalue weighted by Gasteiger charge is -2.17. The molecule has 0 unspecified atom stereocenters. The van der Waals surface area contributed by atoms with Crippen LogP contribution >= 0.6 is 11.3 Å². The zero-order valence-corrected chi connectivity index (χ0v) is 19.9. The number of hydrogen-bond acceptors (Lipinski definition) is 9. The molecule has 1 aliphatic carbocycles. The summed E-state index contributed by atoms with van der Waals surface area (Å²) in [5.74, 6) is 1.41. The number of aromatic nitrogens is 3. The average molecular weight is 467 g/mol. The molecule has 3 aromatic heterocycles. The summed E-state index contributed by atoms with van der Waals surface area (Å²) in [6.07, 6.45) is 11.1. The van der Waals surface area contributed by atoms with E-state index in [9.17, 15) is 4.79 Å². The highest BCUT2D eigenvalue weighted by Gasteiger charge is 2.22. The van der Waals surface area contributed by atoms with Crippen molar-refractivity contribution in [1.82, 2.24) is 24.8 Å². The molecule has 1 fully saturated rings. The van der Waals surface area contributed by atoms with Crippen LogP contribution < -0.4 is 11.1 Å². The minimum atomic E-state index is 0.492. The molecule has 0 aromatic carbocycles. The Morgan fingerprint density at radius 3 is 2.79 bits per heavy atom. The van der Waals surface area contributed by atoms with Crippen LogP contribution in [0.1, 0.15) is 35.3 Å². The molecule has 1 aliphatic heterocycles. The van der Waals surface area contributed by atoms with Gasteiger partial charge in [0.05, 0.1) is 17.3 Å². The van der Waals surface area contributed by atoms with Crippen LogP contribution in [-0.4, -0.2) is 70.6 Å². The van der Waals surface area contributed by atoms with Gasteiger partial charge in [-0.15, -0.1) is 11.3 Å². The second-order valence-electron chi connectivity index (χ2n) is 8.59. The van der Waals surface area contributed by atoms with Crippen molar-refractivity contribution in [3.8, 4) is 0 Å². The Kier molecular flexibility index (Phi) is 7.14. The third-order valence-corrected chi connectivity index (χ3v) is 7.40. The number of carbonyl (C=O) groups excluding carboxylic acids is 1. The molecule has 1 saturated heterocycles. The maximum absolute atomic E-state index is 10.3. The van der Waals surface area contributed by atoms with Gasteiger partial charge in [-0.3, -0.25) is 4.79 Å². The maximum Gasteiger partial charge on any atom is 0.209 e. The van der Waals surface area contributed by atoms with Crippen molar-refractivity contribution in [1.29, 1.82) is 5.41 Å². The van der Waals surface area contributed by atoms with E-state index in [0.29, 0.717) is 23.1 Å². The van der Waals surface area contributed by atoms with Crippen molar-refractivity contribution < 1.29 is 4.79 Å². The van der Waals surface area contributed by atoms with Crippen molar-refractivity contribution in [2.45, 2.75) is 38.1 Å². The first kappa shape index (κ1) is 23.1. The van der Waals surface area contributed by atoms with Crippen LogP contribution in [0.4, 0.5) is 17.3 Å². The lowest BCUT2D eigenvalue weighted by molar-refractivity contribution is -0.117. The van der Waals surface area contributed by atoms with Crippen LogP contribution in [0.15, 0.2) is 18.6 Å². The summed E-state index contributed by atoms with van der Waals surface area (Å²) < 4.78 is 0. The average Bonchev–Trinajstić information content (AvgIpc) is 3.46. The molecule has 1 amide bonds. The molecule has 3 aromatic rings. The molecule has 0 bridgehead atoms. The lowest BCUT2D eigenvalue weighted by atomic mass is 9.97. The van der Waals surface area contributed by atoms with Gasteiger partial charge in [0.15, 0.2) is 0 Å². The summed E-state index contributed by atoms with van der Waals surface area (Å²) in [5, 5.41) is 11.8. The number of carbonyl (C=O) groups is 1. The Morgan fingerprint density at radius 2 is 2.09 bits per heavy atom. The molecule has 4 heterocycles. The third-order valence-electron chi connectivity index (χ3n) is 6.20. The van der Waals surface area contributed by atoms with Crippen molar-refractivity contribution in [3.63, 3.8) is 0 Å². The molecule has 33 heavy (non-hydrogen) atoms. The number of rotatable bonds is 5. The van der Waals surface area contributed by atoms with E-state index >= 15 is 0 Å². The highest BCUT2D eigenvalue weighted by Crippen LogP contribution is 2.38. The lowest BCUT2D eigenvalue weighted by Crippen LogP contribution is -2.30. The van der Waals surface area contributed by atoms with Crippen LogP contribution in [0.5, 0.6) is 0 Å². The third kappa shape index (κ3) is 5.12. The number of anilines is 3. The number of fused-ring (bicyclic) bond motifs is 3. The molecule has 2 aliphatic rings. The zero-order chi connectivity index (χ0) is 23.4. The highest BCUT2D eigenvalue weighted by molar-refractivity contribution is 7.19. The van der Waals surface area contributed by atoms with Gasteiger partial charge < -0.3 is 26.3 Å². The van der Waals surface area contributed by atoms with E-state index in [0.717, 1.165) is 54.8 Å². The van der Waals surface area contributed by atoms with E-state index in [1.165, 1.54) is 29.5 Å². The molecular weight excluding hydrogens is 436 g/mol. The number of pyridine rings is 1. The van der Waals surface area contributed by atoms with E-state index in [4.69, 9.17) is 11.1 Å². The highest BCUT2D eigenvalue weighted by atomic mass is 32.1. The first-order valence-electron chi connectivity index (χ1n) is 11.1. The predicted molar refractivity (Wildman–Crippen MR) is 134 cm³/mol. The van der Waals surface area contributed by atoms with Gasteiger partial charge in [0.25, 0.3) is 0 Å². The fourth-order valence-corrected chi connectivity index (χ4v) is 5.50. The van der Waals surface area contributed by atoms with Gasteiger partial charge in [-0.25, -0.2) is 15.0 Å². The summed E-state index contributed by atoms with van der Waals surface area (Å²) in [5.41, 5.74) is 8.30. The number of likely N-dealkylation sites (N-methyl/N-ethyl adjacent to an activating group) is 1. The minimum Gasteiger partial charge on any atom is -0.397 e. The normalized spacial score (nSPS) is 17.4. The molecule has 1 atom stereocenters. The number of amides is 1. The summed E-state index contributed by atoms with van der Waals surface area (Å²) in [7, 11) is 4.11. The largest absolute Gasteiger partial charge is 0.397 e. The second kappa shape index (κ2) is 10.2. The summed E-state index contributed by atoms with van der Waals surface area (Å²) in [6.45, 7) is 1.82. The molecule has 4 N–H and O–H groups in total. The standard InChI is InChI=1S/C16H16N6S.C7H14N2O/c17-6-9-5-13(19-7-11(9)18)22-15-14-10-3-1-2-4-12(10)23-16(14)21-8-20-15;1-8(2)7-3-4-9(5-7)6-10/h5-8,17H,1-4,18H2,(H,19,20,21,22);6-7H,3-5H2,1-2H3/t;7-/m.0/s1. The Morgan fingerprint density at radius 1 is 1.27 bits per heavy atom. The van der Waals surface area contributed by atoms with Gasteiger partial charge in [0, 0.05) is 35.8 Å².